The second-order valence-electron chi connectivity index (χ2n) is 3.24. The molecule has 12 heavy (non-hydrogen) atoms. The minimum absolute atomic E-state index is 0.153. The summed E-state index contributed by atoms with van der Waals surface area (Å²) in [7, 11) is -3.18. The quantitative estimate of drug-likeness (QED) is 0.525. The molecule has 0 fully saturated rings. The molecule has 0 aromatic carbocycles. The Balaban J connectivity index is 2.48. The number of aliphatic hydroxyl groups excluding tert-OH is 1. The van der Waals surface area contributed by atoms with Crippen molar-refractivity contribution in [1.29, 1.82) is 0 Å². The van der Waals surface area contributed by atoms with Gasteiger partial charge in [-0.3, -0.25) is 0 Å². The van der Waals surface area contributed by atoms with Gasteiger partial charge in [-0.2, -0.15) is 0 Å². The summed E-state index contributed by atoms with van der Waals surface area (Å²) in [5.41, 5.74) is 0.877. The van der Waals surface area contributed by atoms with Crippen molar-refractivity contribution in [3.8, 4) is 0 Å². The van der Waals surface area contributed by atoms with Gasteiger partial charge in [-0.25, -0.2) is 0 Å². The number of aliphatic hydroxyl groups is 1. The van der Waals surface area contributed by atoms with Gasteiger partial charge in [0.2, 0.25) is 0 Å². The maximum Gasteiger partial charge on any atom is 0.0611 e. The maximum absolute atomic E-state index is 11.2. The van der Waals surface area contributed by atoms with E-state index in [1.54, 1.807) is 6.92 Å². The average molecular weight is 189 g/mol. The number of rotatable bonds is 3. The Bertz CT molecular complexity index is 234. The molecular weight excluding hydrogens is 175 g/mol. The third-order valence-corrected chi connectivity index (χ3v) is 3.95. The van der Waals surface area contributed by atoms with Gasteiger partial charge in [0.1, 0.15) is 0 Å². The zero-order valence-corrected chi connectivity index (χ0v) is 8.09. The van der Waals surface area contributed by atoms with E-state index in [-0.39, 0.29) is 18.4 Å². The Morgan fingerprint density at radius 3 is 2.92 bits per heavy atom. The molecule has 1 rings (SSSR count). The van der Waals surface area contributed by atoms with Crippen LogP contribution in [0.5, 0.6) is 0 Å². The molecule has 0 aromatic heterocycles. The van der Waals surface area contributed by atoms with Gasteiger partial charge in [0.15, 0.2) is 0 Å². The van der Waals surface area contributed by atoms with Gasteiger partial charge >= 0.3 is 0 Å². The summed E-state index contributed by atoms with van der Waals surface area (Å²) < 4.78 is 11.2. The van der Waals surface area contributed by atoms with Gasteiger partial charge in [0.25, 0.3) is 0 Å². The van der Waals surface area contributed by atoms with Crippen molar-refractivity contribution in [2.75, 3.05) is 12.3 Å². The molecule has 1 N–H and O–H groups in total. The van der Waals surface area contributed by atoms with Crippen molar-refractivity contribution < 1.29 is 14.6 Å². The predicted molar refractivity (Wildman–Crippen MR) is 46.3 cm³/mol. The third-order valence-electron chi connectivity index (χ3n) is 2.10. The summed E-state index contributed by atoms with van der Waals surface area (Å²) in [4.78, 5) is 11.2. The van der Waals surface area contributed by atoms with Crippen LogP contribution in [0.25, 0.3) is 0 Å². The molecule has 3 nitrogen and oxygen atoms in total. The van der Waals surface area contributed by atoms with Crippen LogP contribution in [0, 0.1) is 0 Å². The Morgan fingerprint density at radius 2 is 2.50 bits per heavy atom. The first-order valence-electron chi connectivity index (χ1n) is 4.18. The number of hydrogen-bond acceptors (Lipinski definition) is 3. The zero-order valence-electron chi connectivity index (χ0n) is 7.19. The SMILES string of the molecule is CCP(=O)([O-])CC1=CCC(O)C1. The van der Waals surface area contributed by atoms with E-state index in [1.807, 2.05) is 6.08 Å². The first-order valence-corrected chi connectivity index (χ1v) is 6.18. The highest BCUT2D eigenvalue weighted by molar-refractivity contribution is 7.56. The van der Waals surface area contributed by atoms with Crippen LogP contribution in [0.3, 0.4) is 0 Å². The fourth-order valence-corrected chi connectivity index (χ4v) is 2.42. The van der Waals surface area contributed by atoms with Crippen LogP contribution in [-0.2, 0) is 4.57 Å². The second-order valence-corrected chi connectivity index (χ2v) is 5.82. The fraction of sp³-hybridized carbons (Fsp3) is 0.750. The van der Waals surface area contributed by atoms with E-state index in [1.165, 1.54) is 0 Å². The lowest BCUT2D eigenvalue weighted by molar-refractivity contribution is -0.174. The molecule has 0 radical (unpaired) electrons. The standard InChI is InChI=1S/C8H15O3P/c1-2-12(10,11)6-7-3-4-8(9)5-7/h3,8-9H,2,4-6H2,1H3,(H,10,11)/p-1. The summed E-state index contributed by atoms with van der Waals surface area (Å²) in [5, 5.41) is 9.13. The van der Waals surface area contributed by atoms with Crippen molar-refractivity contribution in [3.63, 3.8) is 0 Å². The summed E-state index contributed by atoms with van der Waals surface area (Å²) in [6.45, 7) is 1.65. The second kappa shape index (κ2) is 3.73. The molecule has 4 heteroatoms. The van der Waals surface area contributed by atoms with Crippen molar-refractivity contribution in [2.24, 2.45) is 0 Å². The summed E-state index contributed by atoms with van der Waals surface area (Å²) in [6, 6.07) is 0. The van der Waals surface area contributed by atoms with Crippen LogP contribution in [0.15, 0.2) is 11.6 Å². The molecule has 70 valence electrons. The minimum Gasteiger partial charge on any atom is -0.799 e. The molecule has 0 bridgehead atoms. The topological polar surface area (TPSA) is 60.4 Å². The highest BCUT2D eigenvalue weighted by Gasteiger charge is 2.17. The minimum atomic E-state index is -3.18. The molecule has 0 aromatic rings. The molecule has 2 unspecified atom stereocenters. The molecule has 1 aliphatic rings. The van der Waals surface area contributed by atoms with Gasteiger partial charge < -0.3 is 14.6 Å². The molecule has 0 amide bonds. The van der Waals surface area contributed by atoms with E-state index in [0.717, 1.165) is 5.57 Å². The Labute approximate surface area is 72.6 Å². The lowest BCUT2D eigenvalue weighted by Crippen LogP contribution is -2.09. The van der Waals surface area contributed by atoms with Crippen molar-refractivity contribution in [1.82, 2.24) is 0 Å². The summed E-state index contributed by atoms with van der Waals surface area (Å²) in [5.74, 6) is 0. The molecule has 1 aliphatic carbocycles. The van der Waals surface area contributed by atoms with Gasteiger partial charge in [0, 0.05) is 13.5 Å². The lowest BCUT2D eigenvalue weighted by Gasteiger charge is -2.21. The smallest absolute Gasteiger partial charge is 0.0611 e. The van der Waals surface area contributed by atoms with Crippen LogP contribution in [0.1, 0.15) is 19.8 Å². The van der Waals surface area contributed by atoms with Crippen LogP contribution in [0.4, 0.5) is 0 Å². The zero-order chi connectivity index (χ0) is 9.19. The highest BCUT2D eigenvalue weighted by atomic mass is 31.2. The Kier molecular flexibility index (Phi) is 3.10. The van der Waals surface area contributed by atoms with Crippen LogP contribution in [-0.4, -0.2) is 23.5 Å². The predicted octanol–water partition coefficient (Wildman–Crippen LogP) is 0.726. The summed E-state index contributed by atoms with van der Waals surface area (Å²) in [6.07, 6.45) is 2.99. The first-order chi connectivity index (χ1) is 5.53. The van der Waals surface area contributed by atoms with Crippen LogP contribution >= 0.6 is 7.37 Å². The van der Waals surface area contributed by atoms with Crippen LogP contribution in [0.2, 0.25) is 0 Å². The lowest BCUT2D eigenvalue weighted by atomic mass is 10.2. The number of hydrogen-bond donors (Lipinski definition) is 1. The molecule has 0 aliphatic heterocycles. The van der Waals surface area contributed by atoms with Gasteiger partial charge in [-0.15, -0.1) is 0 Å². The largest absolute Gasteiger partial charge is 0.799 e. The Hall–Kier alpha value is -0.110. The molecule has 0 saturated heterocycles. The monoisotopic (exact) mass is 189 g/mol. The Morgan fingerprint density at radius 1 is 1.83 bits per heavy atom. The average Bonchev–Trinajstić information content (AvgIpc) is 2.35. The van der Waals surface area contributed by atoms with E-state index in [4.69, 9.17) is 5.11 Å². The summed E-state index contributed by atoms with van der Waals surface area (Å²) >= 11 is 0. The molecule has 0 spiro atoms. The van der Waals surface area contributed by atoms with Gasteiger partial charge in [-0.05, 0) is 19.0 Å². The van der Waals surface area contributed by atoms with Crippen molar-refractivity contribution in [2.45, 2.75) is 25.9 Å². The molecule has 2 atom stereocenters. The van der Waals surface area contributed by atoms with Crippen molar-refractivity contribution >= 4 is 7.37 Å². The van der Waals surface area contributed by atoms with Crippen LogP contribution < -0.4 is 4.89 Å². The maximum atomic E-state index is 11.2. The fourth-order valence-electron chi connectivity index (χ4n) is 1.32. The van der Waals surface area contributed by atoms with Gasteiger partial charge in [0.05, 0.1) is 6.10 Å². The third kappa shape index (κ3) is 2.74. The van der Waals surface area contributed by atoms with E-state index in [0.29, 0.717) is 12.8 Å². The highest BCUT2D eigenvalue weighted by Crippen LogP contribution is 2.39. The van der Waals surface area contributed by atoms with E-state index in [2.05, 4.69) is 0 Å². The molecule has 0 saturated carbocycles. The van der Waals surface area contributed by atoms with E-state index in [9.17, 15) is 9.46 Å². The van der Waals surface area contributed by atoms with Gasteiger partial charge in [-0.1, -0.05) is 18.6 Å². The van der Waals surface area contributed by atoms with E-state index >= 15 is 0 Å². The van der Waals surface area contributed by atoms with Crippen molar-refractivity contribution in [3.05, 3.63) is 11.6 Å². The normalized spacial score (nSPS) is 28.2. The molecular formula is C8H14O3P-. The molecule has 0 heterocycles. The van der Waals surface area contributed by atoms with E-state index < -0.39 is 7.37 Å². The first kappa shape index (κ1) is 9.97.